The molecule has 0 atom stereocenters. The van der Waals surface area contributed by atoms with Gasteiger partial charge in [-0.1, -0.05) is 0 Å². The van der Waals surface area contributed by atoms with Gasteiger partial charge in [0.2, 0.25) is 0 Å². The van der Waals surface area contributed by atoms with Gasteiger partial charge >= 0.3 is 0 Å². The zero-order valence-electron chi connectivity index (χ0n) is 14.1. The fraction of sp³-hybridized carbons (Fsp3) is 0.105. The molecule has 3 aromatic rings. The lowest BCUT2D eigenvalue weighted by molar-refractivity contribution is 0.413. The van der Waals surface area contributed by atoms with Crippen molar-refractivity contribution < 1.29 is 18.3 Å². The quantitative estimate of drug-likeness (QED) is 0.722. The second-order valence-electron chi connectivity index (χ2n) is 5.64. The predicted octanol–water partition coefficient (Wildman–Crippen LogP) is 3.71. The Morgan fingerprint density at radius 3 is 2.38 bits per heavy atom. The van der Waals surface area contributed by atoms with E-state index in [9.17, 15) is 13.6 Å². The van der Waals surface area contributed by atoms with Crippen molar-refractivity contribution >= 4 is 5.69 Å². The van der Waals surface area contributed by atoms with Crippen molar-refractivity contribution in [3.63, 3.8) is 0 Å². The number of aromatic nitrogens is 1. The Balaban J connectivity index is 2.16. The van der Waals surface area contributed by atoms with E-state index in [0.29, 0.717) is 22.6 Å². The molecule has 0 saturated heterocycles. The molecule has 1 heterocycles. The van der Waals surface area contributed by atoms with E-state index < -0.39 is 11.6 Å². The molecule has 0 spiro atoms. The van der Waals surface area contributed by atoms with Gasteiger partial charge in [-0.25, -0.2) is 8.78 Å². The van der Waals surface area contributed by atoms with Gasteiger partial charge in [0.1, 0.15) is 17.3 Å². The molecular formula is C19H16F2N2O3. The van der Waals surface area contributed by atoms with Crippen LogP contribution < -0.4 is 20.8 Å². The molecule has 0 aliphatic carbocycles. The normalized spacial score (nSPS) is 10.6. The van der Waals surface area contributed by atoms with Crippen LogP contribution in [0.2, 0.25) is 0 Å². The van der Waals surface area contributed by atoms with Crippen LogP contribution in [-0.2, 0) is 7.05 Å². The number of nitrogen functional groups attached to an aromatic ring is 1. The summed E-state index contributed by atoms with van der Waals surface area (Å²) in [7, 11) is 3.03. The number of aryl methyl sites for hydroxylation is 1. The van der Waals surface area contributed by atoms with Crippen LogP contribution in [0.5, 0.6) is 17.2 Å². The number of rotatable bonds is 4. The largest absolute Gasteiger partial charge is 0.496 e. The average Bonchev–Trinajstić information content (AvgIpc) is 2.60. The molecule has 0 amide bonds. The number of methoxy groups -OCH3 is 1. The molecule has 0 radical (unpaired) electrons. The van der Waals surface area contributed by atoms with E-state index in [1.54, 1.807) is 31.4 Å². The van der Waals surface area contributed by atoms with Gasteiger partial charge in [0.05, 0.1) is 7.11 Å². The van der Waals surface area contributed by atoms with E-state index >= 15 is 0 Å². The Morgan fingerprint density at radius 2 is 1.69 bits per heavy atom. The van der Waals surface area contributed by atoms with Crippen LogP contribution in [0.1, 0.15) is 0 Å². The van der Waals surface area contributed by atoms with Crippen LogP contribution in [0.25, 0.3) is 11.1 Å². The summed E-state index contributed by atoms with van der Waals surface area (Å²) in [4.78, 5) is 11.8. The number of anilines is 1. The first-order valence-electron chi connectivity index (χ1n) is 7.66. The first-order chi connectivity index (χ1) is 12.4. The summed E-state index contributed by atoms with van der Waals surface area (Å²) >= 11 is 0. The molecule has 0 unspecified atom stereocenters. The zero-order chi connectivity index (χ0) is 18.8. The molecule has 134 valence electrons. The van der Waals surface area contributed by atoms with Gasteiger partial charge in [-0.15, -0.1) is 0 Å². The lowest BCUT2D eigenvalue weighted by atomic mass is 10.0. The number of hydrogen-bond donors (Lipinski definition) is 1. The Morgan fingerprint density at radius 1 is 0.962 bits per heavy atom. The summed E-state index contributed by atoms with van der Waals surface area (Å²) in [6.07, 6.45) is 1.57. The highest BCUT2D eigenvalue weighted by atomic mass is 19.1. The fourth-order valence-electron chi connectivity index (χ4n) is 2.51. The lowest BCUT2D eigenvalue weighted by Crippen LogP contribution is -2.15. The van der Waals surface area contributed by atoms with Crippen molar-refractivity contribution in [2.45, 2.75) is 0 Å². The topological polar surface area (TPSA) is 66.5 Å². The summed E-state index contributed by atoms with van der Waals surface area (Å²) in [6.45, 7) is 0. The van der Waals surface area contributed by atoms with Crippen LogP contribution in [0, 0.1) is 11.6 Å². The Hall–Kier alpha value is -3.35. The molecule has 0 fully saturated rings. The van der Waals surface area contributed by atoms with E-state index in [2.05, 4.69) is 0 Å². The van der Waals surface area contributed by atoms with E-state index in [1.165, 1.54) is 23.8 Å². The maximum atomic E-state index is 14.0. The summed E-state index contributed by atoms with van der Waals surface area (Å²) in [5.74, 6) is -1.07. The van der Waals surface area contributed by atoms with Crippen LogP contribution in [0.15, 0.2) is 53.5 Å². The monoisotopic (exact) mass is 358 g/mol. The molecule has 2 N–H and O–H groups in total. The molecule has 0 bridgehead atoms. The van der Waals surface area contributed by atoms with E-state index in [-0.39, 0.29) is 17.1 Å². The summed E-state index contributed by atoms with van der Waals surface area (Å²) in [5.41, 5.74) is 7.12. The number of benzene rings is 2. The van der Waals surface area contributed by atoms with Gasteiger partial charge < -0.3 is 19.8 Å². The van der Waals surface area contributed by atoms with Crippen molar-refractivity contribution in [2.24, 2.45) is 7.05 Å². The average molecular weight is 358 g/mol. The van der Waals surface area contributed by atoms with E-state index in [1.807, 2.05) is 0 Å². The third-order valence-electron chi connectivity index (χ3n) is 3.82. The van der Waals surface area contributed by atoms with Gasteiger partial charge in [0, 0.05) is 42.2 Å². The maximum Gasteiger partial charge on any atom is 0.254 e. The Bertz CT molecular complexity index is 1030. The Kier molecular flexibility index (Phi) is 4.62. The van der Waals surface area contributed by atoms with E-state index in [4.69, 9.17) is 15.2 Å². The van der Waals surface area contributed by atoms with Crippen molar-refractivity contribution in [3.05, 3.63) is 70.6 Å². The van der Waals surface area contributed by atoms with Crippen LogP contribution in [-0.4, -0.2) is 11.7 Å². The van der Waals surface area contributed by atoms with Gasteiger partial charge in [-0.2, -0.15) is 0 Å². The van der Waals surface area contributed by atoms with E-state index in [0.717, 1.165) is 12.1 Å². The second kappa shape index (κ2) is 6.87. The number of pyridine rings is 1. The van der Waals surface area contributed by atoms with Crippen molar-refractivity contribution in [2.75, 3.05) is 12.8 Å². The molecule has 0 aliphatic heterocycles. The first-order valence-corrected chi connectivity index (χ1v) is 7.66. The summed E-state index contributed by atoms with van der Waals surface area (Å²) in [5, 5.41) is 0. The van der Waals surface area contributed by atoms with Crippen LogP contribution in [0.4, 0.5) is 14.5 Å². The lowest BCUT2D eigenvalue weighted by Gasteiger charge is -2.15. The molecular weight excluding hydrogens is 342 g/mol. The van der Waals surface area contributed by atoms with Crippen LogP contribution in [0.3, 0.4) is 0 Å². The molecule has 5 nitrogen and oxygen atoms in total. The molecule has 26 heavy (non-hydrogen) atoms. The van der Waals surface area contributed by atoms with Gasteiger partial charge in [0.15, 0.2) is 11.6 Å². The first kappa shape index (κ1) is 17.5. The minimum atomic E-state index is -0.833. The molecule has 0 aliphatic rings. The molecule has 2 aromatic carbocycles. The minimum absolute atomic E-state index is 0.138. The second-order valence-corrected chi connectivity index (χ2v) is 5.64. The predicted molar refractivity (Wildman–Crippen MR) is 94.5 cm³/mol. The van der Waals surface area contributed by atoms with Gasteiger partial charge in [-0.3, -0.25) is 4.79 Å². The van der Waals surface area contributed by atoms with Gasteiger partial charge in [-0.05, 0) is 30.3 Å². The third-order valence-corrected chi connectivity index (χ3v) is 3.82. The van der Waals surface area contributed by atoms with Crippen molar-refractivity contribution in [1.29, 1.82) is 0 Å². The Labute approximate surface area is 148 Å². The highest BCUT2D eigenvalue weighted by Crippen LogP contribution is 2.39. The van der Waals surface area contributed by atoms with Crippen molar-refractivity contribution in [1.82, 2.24) is 4.57 Å². The highest BCUT2D eigenvalue weighted by molar-refractivity contribution is 5.78. The fourth-order valence-corrected chi connectivity index (χ4v) is 2.51. The molecule has 1 aromatic heterocycles. The SMILES string of the molecule is COc1cc(=O)n(C)cc1-c1cc(N)ccc1Oc1ccc(F)cc1F. The third kappa shape index (κ3) is 3.37. The smallest absolute Gasteiger partial charge is 0.254 e. The number of nitrogens with two attached hydrogens (primary N) is 1. The number of ether oxygens (including phenoxy) is 2. The highest BCUT2D eigenvalue weighted by Gasteiger charge is 2.16. The molecule has 0 saturated carbocycles. The number of nitrogens with zero attached hydrogens (tertiary/aromatic N) is 1. The number of halogens is 2. The van der Waals surface area contributed by atoms with Gasteiger partial charge in [0.25, 0.3) is 5.56 Å². The van der Waals surface area contributed by atoms with Crippen LogP contribution >= 0.6 is 0 Å². The zero-order valence-corrected chi connectivity index (χ0v) is 14.1. The van der Waals surface area contributed by atoms with Crippen molar-refractivity contribution in [3.8, 4) is 28.4 Å². The maximum absolute atomic E-state index is 14.0. The summed E-state index contributed by atoms with van der Waals surface area (Å²) < 4.78 is 39.4. The standard InChI is InChI=1S/C19H16F2N2O3/c1-23-10-14(18(25-2)9-19(23)24)13-8-12(22)4-6-16(13)26-17-5-3-11(20)7-15(17)21/h3-10H,22H2,1-2H3. The summed E-state index contributed by atoms with van der Waals surface area (Å²) in [6, 6.07) is 9.15. The number of hydrogen-bond acceptors (Lipinski definition) is 4. The minimum Gasteiger partial charge on any atom is -0.496 e. The molecule has 7 heteroatoms. The molecule has 3 rings (SSSR count).